The van der Waals surface area contributed by atoms with Crippen LogP contribution < -0.4 is 9.80 Å². The van der Waals surface area contributed by atoms with Gasteiger partial charge in [0.1, 0.15) is 12.4 Å². The highest BCUT2D eigenvalue weighted by Gasteiger charge is 2.33. The molecule has 4 rings (SSSR count). The monoisotopic (exact) mass is 466 g/mol. The zero-order chi connectivity index (χ0) is 23.5. The molecule has 2 atom stereocenters. The molecule has 0 aliphatic carbocycles. The molecule has 0 radical (unpaired) electrons. The summed E-state index contributed by atoms with van der Waals surface area (Å²) in [6.45, 7) is 6.80. The Morgan fingerprint density at radius 1 is 1.12 bits per heavy atom. The van der Waals surface area contributed by atoms with Crippen LogP contribution in [0.3, 0.4) is 0 Å². The number of anilines is 2. The summed E-state index contributed by atoms with van der Waals surface area (Å²) in [4.78, 5) is 30.3. The summed E-state index contributed by atoms with van der Waals surface area (Å²) in [5, 5.41) is 18.1. The number of piperidine rings is 1. The fraction of sp³-hybridized carbons (Fsp3) is 0.458. The van der Waals surface area contributed by atoms with Gasteiger partial charge in [0.05, 0.1) is 10.6 Å². The number of halogens is 1. The topological polar surface area (TPSA) is 93.4 Å². The van der Waals surface area contributed by atoms with Crippen LogP contribution in [0.15, 0.2) is 30.3 Å². The summed E-state index contributed by atoms with van der Waals surface area (Å²) in [6.07, 6.45) is 2.66. The summed E-state index contributed by atoms with van der Waals surface area (Å²) in [7, 11) is 0. The van der Waals surface area contributed by atoms with E-state index in [2.05, 4.69) is 33.0 Å². The quantitative estimate of drug-likeness (QED) is 0.639. The predicted octanol–water partition coefficient (Wildman–Crippen LogP) is 3.16. The van der Waals surface area contributed by atoms with Gasteiger partial charge in [0.15, 0.2) is 11.5 Å². The molecule has 1 aromatic carbocycles. The van der Waals surface area contributed by atoms with E-state index in [1.807, 2.05) is 30.0 Å². The lowest BCUT2D eigenvalue weighted by molar-refractivity contribution is -0.111. The fourth-order valence-corrected chi connectivity index (χ4v) is 4.78. The second-order valence-corrected chi connectivity index (χ2v) is 9.23. The van der Waals surface area contributed by atoms with E-state index in [1.165, 1.54) is 0 Å². The van der Waals surface area contributed by atoms with E-state index in [0.29, 0.717) is 29.4 Å². The van der Waals surface area contributed by atoms with Crippen molar-refractivity contribution in [3.8, 4) is 6.07 Å². The van der Waals surface area contributed by atoms with Crippen LogP contribution >= 0.6 is 11.6 Å². The molecule has 8 nitrogen and oxygen atoms in total. The molecule has 0 saturated carbocycles. The van der Waals surface area contributed by atoms with Crippen LogP contribution in [0, 0.1) is 17.2 Å². The first-order valence-corrected chi connectivity index (χ1v) is 11.6. The Bertz CT molecular complexity index is 1060. The van der Waals surface area contributed by atoms with E-state index in [1.54, 1.807) is 12.1 Å². The molecular weight excluding hydrogens is 440 g/mol. The number of rotatable bonds is 4. The average molecular weight is 467 g/mol. The first-order chi connectivity index (χ1) is 15.9. The minimum absolute atomic E-state index is 0.0352. The Labute approximate surface area is 198 Å². The highest BCUT2D eigenvalue weighted by atomic mass is 35.5. The van der Waals surface area contributed by atoms with Gasteiger partial charge in [-0.25, -0.2) is 0 Å². The molecular formula is C24H27ClN6O2. The molecule has 0 bridgehead atoms. The standard InChI is InChI=1S/C24H27ClN6O2/c1-16-14-31(17(2)13-30(16)20-4-3-19(12-26)21(25)11-20)24(33)22-5-6-23(28-27-22)29-9-7-18(15-32)8-10-29/h3-6,11,15-18H,7-10,13-14H2,1-2H3/t16-,17+/m0/s1. The first-order valence-electron chi connectivity index (χ1n) is 11.2. The van der Waals surface area contributed by atoms with Gasteiger partial charge in [-0.1, -0.05) is 11.6 Å². The van der Waals surface area contributed by atoms with Crippen LogP contribution in [0.5, 0.6) is 0 Å². The zero-order valence-electron chi connectivity index (χ0n) is 18.8. The molecule has 172 valence electrons. The van der Waals surface area contributed by atoms with Crippen molar-refractivity contribution >= 4 is 35.3 Å². The maximum Gasteiger partial charge on any atom is 0.274 e. The van der Waals surface area contributed by atoms with Crippen molar-refractivity contribution in [3.05, 3.63) is 46.6 Å². The van der Waals surface area contributed by atoms with Crippen molar-refractivity contribution in [1.29, 1.82) is 5.26 Å². The number of carbonyl (C=O) groups excluding carboxylic acids is 2. The van der Waals surface area contributed by atoms with E-state index in [9.17, 15) is 9.59 Å². The van der Waals surface area contributed by atoms with Crippen molar-refractivity contribution in [2.75, 3.05) is 36.0 Å². The number of nitrogens with zero attached hydrogens (tertiary/aromatic N) is 6. The van der Waals surface area contributed by atoms with Crippen molar-refractivity contribution in [1.82, 2.24) is 15.1 Å². The Morgan fingerprint density at radius 2 is 1.88 bits per heavy atom. The lowest BCUT2D eigenvalue weighted by atomic mass is 9.99. The predicted molar refractivity (Wildman–Crippen MR) is 127 cm³/mol. The molecule has 3 heterocycles. The Kier molecular flexibility index (Phi) is 6.80. The minimum atomic E-state index is -0.134. The second kappa shape index (κ2) is 9.75. The number of hydrogen-bond acceptors (Lipinski definition) is 7. The van der Waals surface area contributed by atoms with E-state index in [-0.39, 0.29) is 23.9 Å². The number of piperazine rings is 1. The number of aldehydes is 1. The smallest absolute Gasteiger partial charge is 0.274 e. The number of carbonyl (C=O) groups is 2. The van der Waals surface area contributed by atoms with Crippen LogP contribution in [0.25, 0.3) is 0 Å². The molecule has 2 aromatic rings. The molecule has 1 aromatic heterocycles. The van der Waals surface area contributed by atoms with Gasteiger partial charge in [-0.05, 0) is 57.0 Å². The van der Waals surface area contributed by atoms with Gasteiger partial charge in [0.2, 0.25) is 0 Å². The van der Waals surface area contributed by atoms with Gasteiger partial charge in [-0.3, -0.25) is 4.79 Å². The average Bonchev–Trinajstić information content (AvgIpc) is 2.85. The first kappa shape index (κ1) is 23.0. The molecule has 2 fully saturated rings. The maximum atomic E-state index is 13.2. The Morgan fingerprint density at radius 3 is 2.48 bits per heavy atom. The molecule has 9 heteroatoms. The Balaban J connectivity index is 1.42. The number of amides is 1. The summed E-state index contributed by atoms with van der Waals surface area (Å²) in [5.74, 6) is 0.725. The zero-order valence-corrected chi connectivity index (χ0v) is 19.6. The summed E-state index contributed by atoms with van der Waals surface area (Å²) < 4.78 is 0. The molecule has 33 heavy (non-hydrogen) atoms. The molecule has 0 unspecified atom stereocenters. The summed E-state index contributed by atoms with van der Waals surface area (Å²) in [6, 6.07) is 11.1. The van der Waals surface area contributed by atoms with Gasteiger partial charge >= 0.3 is 0 Å². The van der Waals surface area contributed by atoms with Gasteiger partial charge in [0, 0.05) is 49.9 Å². The van der Waals surface area contributed by atoms with E-state index in [4.69, 9.17) is 16.9 Å². The molecule has 2 aliphatic rings. The second-order valence-electron chi connectivity index (χ2n) is 8.82. The lowest BCUT2D eigenvalue weighted by Gasteiger charge is -2.45. The van der Waals surface area contributed by atoms with Gasteiger partial charge in [-0.15, -0.1) is 10.2 Å². The third-order valence-corrected chi connectivity index (χ3v) is 6.89. The largest absolute Gasteiger partial charge is 0.365 e. The molecule has 2 aliphatic heterocycles. The number of hydrogen-bond donors (Lipinski definition) is 0. The Hall–Kier alpha value is -3.18. The van der Waals surface area contributed by atoms with Crippen LogP contribution in [0.2, 0.25) is 5.02 Å². The SMILES string of the molecule is C[C@@H]1CN(c2ccc(C#N)c(Cl)c2)[C@@H](C)CN1C(=O)c1ccc(N2CCC(C=O)CC2)nn1. The lowest BCUT2D eigenvalue weighted by Crippen LogP contribution is -2.58. The van der Waals surface area contributed by atoms with Crippen LogP contribution in [0.1, 0.15) is 42.7 Å². The summed E-state index contributed by atoms with van der Waals surface area (Å²) >= 11 is 6.23. The highest BCUT2D eigenvalue weighted by Crippen LogP contribution is 2.28. The van der Waals surface area contributed by atoms with Gasteiger partial charge in [0.25, 0.3) is 5.91 Å². The van der Waals surface area contributed by atoms with Gasteiger partial charge in [-0.2, -0.15) is 5.26 Å². The molecule has 0 N–H and O–H groups in total. The van der Waals surface area contributed by atoms with Crippen LogP contribution in [0.4, 0.5) is 11.5 Å². The van der Waals surface area contributed by atoms with Crippen LogP contribution in [-0.4, -0.2) is 65.6 Å². The van der Waals surface area contributed by atoms with E-state index in [0.717, 1.165) is 43.7 Å². The van der Waals surface area contributed by atoms with Crippen LogP contribution in [-0.2, 0) is 4.79 Å². The molecule has 2 saturated heterocycles. The van der Waals surface area contributed by atoms with Gasteiger partial charge < -0.3 is 19.5 Å². The van der Waals surface area contributed by atoms with Crippen molar-refractivity contribution < 1.29 is 9.59 Å². The number of benzene rings is 1. The van der Waals surface area contributed by atoms with Crippen molar-refractivity contribution in [2.45, 2.75) is 38.8 Å². The highest BCUT2D eigenvalue weighted by molar-refractivity contribution is 6.32. The molecule has 1 amide bonds. The number of nitriles is 1. The van der Waals surface area contributed by atoms with E-state index < -0.39 is 0 Å². The van der Waals surface area contributed by atoms with E-state index >= 15 is 0 Å². The third-order valence-electron chi connectivity index (χ3n) is 6.58. The minimum Gasteiger partial charge on any atom is -0.365 e. The van der Waals surface area contributed by atoms with Crippen molar-refractivity contribution in [3.63, 3.8) is 0 Å². The third kappa shape index (κ3) is 4.79. The molecule has 0 spiro atoms. The number of aromatic nitrogens is 2. The fourth-order valence-electron chi connectivity index (χ4n) is 4.56. The maximum absolute atomic E-state index is 13.2. The summed E-state index contributed by atoms with van der Waals surface area (Å²) in [5.41, 5.74) is 1.72. The normalized spacial score (nSPS) is 21.6. The van der Waals surface area contributed by atoms with Crippen molar-refractivity contribution in [2.24, 2.45) is 5.92 Å².